The van der Waals surface area contributed by atoms with Gasteiger partial charge in [-0.1, -0.05) is 42.5 Å². The van der Waals surface area contributed by atoms with Gasteiger partial charge in [-0.05, 0) is 58.8 Å². The highest BCUT2D eigenvalue weighted by Gasteiger charge is 2.22. The third kappa shape index (κ3) is 6.92. The quantitative estimate of drug-likeness (QED) is 0.400. The summed E-state index contributed by atoms with van der Waals surface area (Å²) < 4.78 is 22.9. The fourth-order valence-corrected chi connectivity index (χ4v) is 4.33. The van der Waals surface area contributed by atoms with Crippen LogP contribution in [0.3, 0.4) is 0 Å². The number of amidine groups is 1. The Morgan fingerprint density at radius 2 is 1.51 bits per heavy atom. The van der Waals surface area contributed by atoms with Crippen LogP contribution in [0.2, 0.25) is 0 Å². The number of nitrogens with one attached hydrogen (secondary N) is 1. The molecule has 0 saturated carbocycles. The van der Waals surface area contributed by atoms with E-state index in [0.29, 0.717) is 34.5 Å². The second-order valence-corrected chi connectivity index (χ2v) is 9.00. The summed E-state index contributed by atoms with van der Waals surface area (Å²) in [6.45, 7) is 2.09. The molecule has 1 N–H and O–H groups in total. The zero-order valence-corrected chi connectivity index (χ0v) is 21.5. The summed E-state index contributed by atoms with van der Waals surface area (Å²) in [7, 11) is 3.15. The van der Waals surface area contributed by atoms with Gasteiger partial charge in [0.1, 0.15) is 13.2 Å². The van der Waals surface area contributed by atoms with Crippen molar-refractivity contribution in [1.82, 2.24) is 5.32 Å². The highest BCUT2D eigenvalue weighted by Crippen LogP contribution is 2.34. The molecule has 1 heterocycles. The fourth-order valence-electron chi connectivity index (χ4n) is 3.48. The van der Waals surface area contributed by atoms with E-state index in [9.17, 15) is 9.59 Å². The summed E-state index contributed by atoms with van der Waals surface area (Å²) >= 11 is 1.11. The van der Waals surface area contributed by atoms with E-state index < -0.39 is 5.91 Å². The maximum atomic E-state index is 12.1. The number of benzene rings is 3. The normalized spacial score (nSPS) is 13.8. The molecule has 0 aromatic heterocycles. The molecule has 0 radical (unpaired) electrons. The van der Waals surface area contributed by atoms with Gasteiger partial charge >= 0.3 is 0 Å². The van der Waals surface area contributed by atoms with E-state index in [4.69, 9.17) is 18.9 Å². The monoisotopic (exact) mass is 518 g/mol. The van der Waals surface area contributed by atoms with Gasteiger partial charge in [-0.15, -0.1) is 0 Å². The molecule has 190 valence electrons. The van der Waals surface area contributed by atoms with Crippen LogP contribution in [-0.2, 0) is 22.8 Å². The Balaban J connectivity index is 1.41. The lowest BCUT2D eigenvalue weighted by atomic mass is 10.1. The summed E-state index contributed by atoms with van der Waals surface area (Å²) in [5.41, 5.74) is 2.70. The van der Waals surface area contributed by atoms with Gasteiger partial charge in [0.2, 0.25) is 5.91 Å². The van der Waals surface area contributed by atoms with Crippen LogP contribution < -0.4 is 24.3 Å². The molecule has 1 aliphatic heterocycles. The van der Waals surface area contributed by atoms with Gasteiger partial charge in [0, 0.05) is 6.92 Å². The molecule has 0 spiro atoms. The van der Waals surface area contributed by atoms with Crippen molar-refractivity contribution in [2.24, 2.45) is 4.99 Å². The van der Waals surface area contributed by atoms with Crippen molar-refractivity contribution >= 4 is 34.8 Å². The van der Waals surface area contributed by atoms with E-state index in [1.54, 1.807) is 32.4 Å². The predicted octanol–water partition coefficient (Wildman–Crippen LogP) is 4.97. The van der Waals surface area contributed by atoms with E-state index in [1.807, 2.05) is 54.6 Å². The van der Waals surface area contributed by atoms with E-state index in [-0.39, 0.29) is 17.7 Å². The van der Waals surface area contributed by atoms with E-state index in [0.717, 1.165) is 28.5 Å². The lowest BCUT2D eigenvalue weighted by molar-refractivity contribution is -0.117. The van der Waals surface area contributed by atoms with Crippen molar-refractivity contribution in [3.05, 3.63) is 88.3 Å². The summed E-state index contributed by atoms with van der Waals surface area (Å²) in [5, 5.41) is 2.80. The molecule has 1 aliphatic rings. The number of methoxy groups -OCH3 is 2. The van der Waals surface area contributed by atoms with Crippen molar-refractivity contribution in [1.29, 1.82) is 0 Å². The molecule has 0 fully saturated rings. The molecular formula is C28H26N2O6S. The largest absolute Gasteiger partial charge is 0.493 e. The average molecular weight is 519 g/mol. The number of ether oxygens (including phenoxy) is 4. The zero-order valence-electron chi connectivity index (χ0n) is 20.6. The minimum atomic E-state index is -0.404. The van der Waals surface area contributed by atoms with Gasteiger partial charge < -0.3 is 24.3 Å². The minimum Gasteiger partial charge on any atom is -0.493 e. The number of carbonyl (C=O) groups excluding carboxylic acids is 2. The topological polar surface area (TPSA) is 95.5 Å². The number of hydrogen-bond acceptors (Lipinski definition) is 7. The number of amides is 2. The van der Waals surface area contributed by atoms with Gasteiger partial charge in [0.15, 0.2) is 28.2 Å². The Hall–Kier alpha value is -4.24. The van der Waals surface area contributed by atoms with Crippen molar-refractivity contribution < 1.29 is 28.5 Å². The average Bonchev–Trinajstić information content (AvgIpc) is 3.24. The summed E-state index contributed by atoms with van der Waals surface area (Å²) in [4.78, 5) is 27.6. The van der Waals surface area contributed by atoms with E-state index >= 15 is 0 Å². The van der Waals surface area contributed by atoms with Crippen LogP contribution in [-0.4, -0.2) is 31.2 Å². The number of carbonyl (C=O) groups is 2. The maximum absolute atomic E-state index is 12.1. The van der Waals surface area contributed by atoms with Crippen molar-refractivity contribution in [2.75, 3.05) is 14.2 Å². The lowest BCUT2D eigenvalue weighted by Crippen LogP contribution is -2.23. The molecule has 2 amide bonds. The Morgan fingerprint density at radius 3 is 2.19 bits per heavy atom. The maximum Gasteiger partial charge on any atom is 0.286 e. The van der Waals surface area contributed by atoms with Gasteiger partial charge in [-0.25, -0.2) is 0 Å². The Morgan fingerprint density at radius 1 is 0.865 bits per heavy atom. The molecule has 3 aromatic rings. The molecule has 8 nitrogen and oxygen atoms in total. The Labute approximate surface area is 219 Å². The second kappa shape index (κ2) is 12.1. The smallest absolute Gasteiger partial charge is 0.286 e. The molecular weight excluding hydrogens is 492 g/mol. The summed E-state index contributed by atoms with van der Waals surface area (Å²) in [6, 6.07) is 20.9. The van der Waals surface area contributed by atoms with Crippen molar-refractivity contribution in [2.45, 2.75) is 20.1 Å². The molecule has 37 heavy (non-hydrogen) atoms. The zero-order chi connectivity index (χ0) is 26.2. The lowest BCUT2D eigenvalue weighted by Gasteiger charge is -2.14. The third-order valence-electron chi connectivity index (χ3n) is 5.25. The van der Waals surface area contributed by atoms with Crippen LogP contribution in [0, 0.1) is 0 Å². The van der Waals surface area contributed by atoms with Crippen LogP contribution in [0.1, 0.15) is 23.6 Å². The second-order valence-electron chi connectivity index (χ2n) is 7.97. The molecule has 0 saturated heterocycles. The summed E-state index contributed by atoms with van der Waals surface area (Å²) in [6.07, 6.45) is 1.69. The highest BCUT2D eigenvalue weighted by atomic mass is 32.2. The van der Waals surface area contributed by atoms with Crippen LogP contribution in [0.5, 0.6) is 23.0 Å². The molecule has 0 unspecified atom stereocenters. The minimum absolute atomic E-state index is 0.266. The predicted molar refractivity (Wildman–Crippen MR) is 143 cm³/mol. The first kappa shape index (κ1) is 25.8. The number of aliphatic imine (C=N–C) groups is 1. The first-order valence-corrected chi connectivity index (χ1v) is 12.2. The van der Waals surface area contributed by atoms with E-state index in [1.165, 1.54) is 6.92 Å². The number of rotatable bonds is 9. The first-order chi connectivity index (χ1) is 17.9. The van der Waals surface area contributed by atoms with Gasteiger partial charge in [-0.3, -0.25) is 9.59 Å². The SMILES string of the molecule is COc1cc(/C=C2/SC(NC(C)=O)=NC2=O)ccc1OCc1ccc(OCc2ccccc2)c(OC)c1. The Kier molecular flexibility index (Phi) is 8.48. The van der Waals surface area contributed by atoms with Gasteiger partial charge in [-0.2, -0.15) is 4.99 Å². The molecule has 4 rings (SSSR count). The van der Waals surface area contributed by atoms with Crippen LogP contribution >= 0.6 is 11.8 Å². The van der Waals surface area contributed by atoms with Crippen LogP contribution in [0.15, 0.2) is 76.6 Å². The van der Waals surface area contributed by atoms with Gasteiger partial charge in [0.25, 0.3) is 5.91 Å². The van der Waals surface area contributed by atoms with E-state index in [2.05, 4.69) is 10.3 Å². The number of nitrogens with zero attached hydrogens (tertiary/aromatic N) is 1. The molecule has 9 heteroatoms. The first-order valence-electron chi connectivity index (χ1n) is 11.4. The van der Waals surface area contributed by atoms with Crippen molar-refractivity contribution in [3.8, 4) is 23.0 Å². The number of thioether (sulfide) groups is 1. The fraction of sp³-hybridized carbons (Fsp3) is 0.179. The molecule has 0 atom stereocenters. The standard InChI is InChI=1S/C28H26N2O6S/c1-18(31)29-28-30-27(32)26(37-28)15-20-9-11-22(24(13-20)33-2)36-17-21-10-12-23(25(14-21)34-3)35-16-19-7-5-4-6-8-19/h4-15H,16-17H2,1-3H3,(H,29,30,31,32)/b26-15+. The van der Waals surface area contributed by atoms with Gasteiger partial charge in [0.05, 0.1) is 19.1 Å². The van der Waals surface area contributed by atoms with Crippen molar-refractivity contribution in [3.63, 3.8) is 0 Å². The summed E-state index contributed by atoms with van der Waals surface area (Å²) in [5.74, 6) is 1.64. The molecule has 0 aliphatic carbocycles. The third-order valence-corrected chi connectivity index (χ3v) is 6.15. The van der Waals surface area contributed by atoms with Crippen LogP contribution in [0.4, 0.5) is 0 Å². The molecule has 3 aromatic carbocycles. The highest BCUT2D eigenvalue weighted by molar-refractivity contribution is 8.18. The molecule has 0 bridgehead atoms. The number of hydrogen-bond donors (Lipinski definition) is 1. The van der Waals surface area contributed by atoms with Crippen LogP contribution in [0.25, 0.3) is 6.08 Å². The Bertz CT molecular complexity index is 1350.